The van der Waals surface area contributed by atoms with Gasteiger partial charge in [0.05, 0.1) is 0 Å². The van der Waals surface area contributed by atoms with E-state index in [2.05, 4.69) is 5.32 Å². The quantitative estimate of drug-likeness (QED) is 0.771. The second-order valence-electron chi connectivity index (χ2n) is 3.56. The molecule has 0 aliphatic heterocycles. The summed E-state index contributed by atoms with van der Waals surface area (Å²) in [5, 5.41) is 3.03. The van der Waals surface area contributed by atoms with Crippen molar-refractivity contribution in [3.05, 3.63) is 30.3 Å². The third kappa shape index (κ3) is 4.31. The van der Waals surface area contributed by atoms with E-state index in [4.69, 9.17) is 4.74 Å². The molecule has 0 unspecified atom stereocenters. The maximum absolute atomic E-state index is 11.6. The van der Waals surface area contributed by atoms with Crippen LogP contribution in [0.3, 0.4) is 0 Å². The Morgan fingerprint density at radius 3 is 2.69 bits per heavy atom. The van der Waals surface area contributed by atoms with Crippen LogP contribution < -0.4 is 10.1 Å². The molecule has 16 heavy (non-hydrogen) atoms. The van der Waals surface area contributed by atoms with Crippen LogP contribution in [0.15, 0.2) is 30.3 Å². The molecule has 1 aromatic carbocycles. The third-order valence-corrected chi connectivity index (χ3v) is 2.18. The minimum Gasteiger partial charge on any atom is -0.410 e. The third-order valence-electron chi connectivity index (χ3n) is 2.18. The van der Waals surface area contributed by atoms with E-state index in [-0.39, 0.29) is 6.09 Å². The molecule has 88 valence electrons. The molecule has 0 fully saturated rings. The van der Waals surface area contributed by atoms with Crippen LogP contribution in [0.5, 0.6) is 5.75 Å². The van der Waals surface area contributed by atoms with Gasteiger partial charge in [-0.05, 0) is 32.1 Å². The first-order valence-electron chi connectivity index (χ1n) is 5.36. The van der Waals surface area contributed by atoms with E-state index in [1.807, 2.05) is 25.2 Å². The molecule has 0 saturated heterocycles. The molecule has 1 N–H and O–H groups in total. The maximum atomic E-state index is 11.6. The summed E-state index contributed by atoms with van der Waals surface area (Å²) in [6.45, 7) is 1.58. The van der Waals surface area contributed by atoms with Crippen LogP contribution in [-0.2, 0) is 0 Å². The second kappa shape index (κ2) is 6.85. The van der Waals surface area contributed by atoms with Crippen LogP contribution in [0, 0.1) is 0 Å². The fraction of sp³-hybridized carbons (Fsp3) is 0.417. The lowest BCUT2D eigenvalue weighted by molar-refractivity contribution is 0.162. The molecular formula is C12H18N2O2. The molecule has 0 aliphatic rings. The Morgan fingerprint density at radius 2 is 2.06 bits per heavy atom. The zero-order valence-corrected chi connectivity index (χ0v) is 9.77. The highest BCUT2D eigenvalue weighted by Crippen LogP contribution is 2.09. The zero-order chi connectivity index (χ0) is 11.8. The van der Waals surface area contributed by atoms with E-state index in [0.717, 1.165) is 13.0 Å². The number of ether oxygens (including phenoxy) is 1. The van der Waals surface area contributed by atoms with Gasteiger partial charge in [-0.1, -0.05) is 18.2 Å². The highest BCUT2D eigenvalue weighted by molar-refractivity contribution is 5.70. The first-order chi connectivity index (χ1) is 7.74. The maximum Gasteiger partial charge on any atom is 0.414 e. The fourth-order valence-electron chi connectivity index (χ4n) is 1.25. The lowest BCUT2D eigenvalue weighted by Gasteiger charge is -2.16. The summed E-state index contributed by atoms with van der Waals surface area (Å²) in [6, 6.07) is 9.08. The molecule has 4 nitrogen and oxygen atoms in total. The summed E-state index contributed by atoms with van der Waals surface area (Å²) >= 11 is 0. The van der Waals surface area contributed by atoms with Gasteiger partial charge in [0.2, 0.25) is 0 Å². The average molecular weight is 222 g/mol. The van der Waals surface area contributed by atoms with Gasteiger partial charge in [0.25, 0.3) is 0 Å². The highest BCUT2D eigenvalue weighted by atomic mass is 16.6. The van der Waals surface area contributed by atoms with Gasteiger partial charge in [0.15, 0.2) is 0 Å². The summed E-state index contributed by atoms with van der Waals surface area (Å²) in [5.74, 6) is 0.577. The number of nitrogens with zero attached hydrogens (tertiary/aromatic N) is 1. The summed E-state index contributed by atoms with van der Waals surface area (Å²) in [6.07, 6.45) is 0.596. The van der Waals surface area contributed by atoms with E-state index in [1.165, 1.54) is 0 Å². The molecule has 1 rings (SSSR count). The van der Waals surface area contributed by atoms with Crippen molar-refractivity contribution in [1.29, 1.82) is 0 Å². The van der Waals surface area contributed by atoms with Crippen molar-refractivity contribution in [3.8, 4) is 5.75 Å². The van der Waals surface area contributed by atoms with E-state index in [9.17, 15) is 4.79 Å². The topological polar surface area (TPSA) is 41.6 Å². The number of rotatable bonds is 5. The van der Waals surface area contributed by atoms with Crippen LogP contribution in [0.25, 0.3) is 0 Å². The van der Waals surface area contributed by atoms with Crippen molar-refractivity contribution in [2.45, 2.75) is 6.42 Å². The summed E-state index contributed by atoms with van der Waals surface area (Å²) in [4.78, 5) is 13.2. The Bertz CT molecular complexity index is 314. The zero-order valence-electron chi connectivity index (χ0n) is 9.77. The van der Waals surface area contributed by atoms with Crippen molar-refractivity contribution in [2.24, 2.45) is 0 Å². The molecule has 0 aromatic heterocycles. The first-order valence-corrected chi connectivity index (χ1v) is 5.36. The minimum absolute atomic E-state index is 0.317. The van der Waals surface area contributed by atoms with Crippen molar-refractivity contribution in [3.63, 3.8) is 0 Å². The molecular weight excluding hydrogens is 204 g/mol. The van der Waals surface area contributed by atoms with Crippen molar-refractivity contribution >= 4 is 6.09 Å². The molecule has 0 atom stereocenters. The molecule has 0 saturated carbocycles. The molecule has 0 bridgehead atoms. The number of hydrogen-bond acceptors (Lipinski definition) is 3. The number of nitrogens with one attached hydrogen (secondary N) is 1. The van der Waals surface area contributed by atoms with Crippen LogP contribution in [0.4, 0.5) is 4.79 Å². The van der Waals surface area contributed by atoms with Gasteiger partial charge in [-0.25, -0.2) is 4.79 Å². The molecule has 0 spiro atoms. The molecule has 0 radical (unpaired) electrons. The average Bonchev–Trinajstić information content (AvgIpc) is 2.30. The number of benzene rings is 1. The van der Waals surface area contributed by atoms with Crippen molar-refractivity contribution in [2.75, 3.05) is 27.2 Å². The normalized spacial score (nSPS) is 9.88. The van der Waals surface area contributed by atoms with Crippen LogP contribution in [0.2, 0.25) is 0 Å². The first kappa shape index (κ1) is 12.5. The van der Waals surface area contributed by atoms with E-state index < -0.39 is 0 Å². The van der Waals surface area contributed by atoms with Gasteiger partial charge < -0.3 is 15.0 Å². The monoisotopic (exact) mass is 222 g/mol. The predicted octanol–water partition coefficient (Wildman–Crippen LogP) is 1.73. The smallest absolute Gasteiger partial charge is 0.410 e. The van der Waals surface area contributed by atoms with E-state index in [1.54, 1.807) is 24.1 Å². The molecule has 0 aliphatic carbocycles. The van der Waals surface area contributed by atoms with Crippen LogP contribution in [-0.4, -0.2) is 38.2 Å². The Labute approximate surface area is 96.2 Å². The van der Waals surface area contributed by atoms with E-state index in [0.29, 0.717) is 12.3 Å². The molecule has 1 aromatic rings. The number of carbonyl (C=O) groups is 1. The lowest BCUT2D eigenvalue weighted by atomic mass is 10.3. The molecule has 1 amide bonds. The standard InChI is InChI=1S/C12H18N2O2/c1-13-9-6-10-14(2)12(15)16-11-7-4-3-5-8-11/h3-5,7-8,13H,6,9-10H2,1-2H3. The van der Waals surface area contributed by atoms with Gasteiger partial charge in [-0.2, -0.15) is 0 Å². The second-order valence-corrected chi connectivity index (χ2v) is 3.56. The number of amides is 1. The van der Waals surface area contributed by atoms with Gasteiger partial charge in [-0.3, -0.25) is 0 Å². The van der Waals surface area contributed by atoms with E-state index >= 15 is 0 Å². The Kier molecular flexibility index (Phi) is 5.36. The van der Waals surface area contributed by atoms with Crippen LogP contribution >= 0.6 is 0 Å². The number of hydrogen-bond donors (Lipinski definition) is 1. The summed E-state index contributed by atoms with van der Waals surface area (Å²) in [7, 11) is 3.63. The summed E-state index contributed by atoms with van der Waals surface area (Å²) in [5.41, 5.74) is 0. The number of para-hydroxylation sites is 1. The van der Waals surface area contributed by atoms with Crippen molar-refractivity contribution < 1.29 is 9.53 Å². The Hall–Kier alpha value is -1.55. The predicted molar refractivity (Wildman–Crippen MR) is 63.6 cm³/mol. The molecule has 0 heterocycles. The SMILES string of the molecule is CNCCCN(C)C(=O)Oc1ccccc1. The molecule has 4 heteroatoms. The number of carbonyl (C=O) groups excluding carboxylic acids is 1. The van der Waals surface area contributed by atoms with Gasteiger partial charge >= 0.3 is 6.09 Å². The largest absolute Gasteiger partial charge is 0.414 e. The Morgan fingerprint density at radius 1 is 1.38 bits per heavy atom. The minimum atomic E-state index is -0.317. The van der Waals surface area contributed by atoms with Crippen LogP contribution in [0.1, 0.15) is 6.42 Å². The Balaban J connectivity index is 2.34. The van der Waals surface area contributed by atoms with Gasteiger partial charge in [0.1, 0.15) is 5.75 Å². The lowest BCUT2D eigenvalue weighted by Crippen LogP contribution is -2.31. The fourth-order valence-corrected chi connectivity index (χ4v) is 1.25. The highest BCUT2D eigenvalue weighted by Gasteiger charge is 2.09. The van der Waals surface area contributed by atoms with Gasteiger partial charge in [-0.15, -0.1) is 0 Å². The van der Waals surface area contributed by atoms with Crippen molar-refractivity contribution in [1.82, 2.24) is 10.2 Å². The van der Waals surface area contributed by atoms with Gasteiger partial charge in [0, 0.05) is 13.6 Å². The summed E-state index contributed by atoms with van der Waals surface area (Å²) < 4.78 is 5.17.